The van der Waals surface area contributed by atoms with Crippen molar-refractivity contribution in [2.45, 2.75) is 44.9 Å². The third-order valence-corrected chi connectivity index (χ3v) is 9.13. The Hall–Kier alpha value is -4.16. The van der Waals surface area contributed by atoms with Gasteiger partial charge in [0.2, 0.25) is 0 Å². The highest BCUT2D eigenvalue weighted by atomic mass is 14.6. The zero-order valence-electron chi connectivity index (χ0n) is 23.2. The van der Waals surface area contributed by atoms with Crippen molar-refractivity contribution in [1.82, 2.24) is 0 Å². The predicted octanol–water partition coefficient (Wildman–Crippen LogP) is 9.91. The lowest BCUT2D eigenvalue weighted by molar-refractivity contribution is 0.405. The Morgan fingerprint density at radius 2 is 0.923 bits per heavy atom. The van der Waals surface area contributed by atoms with Gasteiger partial charge in [-0.25, -0.2) is 0 Å². The minimum Gasteiger partial charge on any atom is -0.0639 e. The Balaban J connectivity index is 1.67. The molecule has 1 unspecified atom stereocenters. The molecule has 1 atom stereocenters. The summed E-state index contributed by atoms with van der Waals surface area (Å²) in [7, 11) is 0. The van der Waals surface area contributed by atoms with Gasteiger partial charge in [-0.15, -0.1) is 0 Å². The molecule has 5 aromatic rings. The third-order valence-electron chi connectivity index (χ3n) is 9.13. The fourth-order valence-corrected chi connectivity index (χ4v) is 7.67. The summed E-state index contributed by atoms with van der Waals surface area (Å²) in [6, 6.07) is 43.9. The van der Waals surface area contributed by atoms with Gasteiger partial charge in [0.15, 0.2) is 0 Å². The van der Waals surface area contributed by atoms with Crippen LogP contribution in [0, 0.1) is 20.8 Å². The smallest absolute Gasteiger partial charge is 0.0418 e. The van der Waals surface area contributed by atoms with Crippen LogP contribution in [-0.4, -0.2) is 0 Å². The van der Waals surface area contributed by atoms with Crippen LogP contribution < -0.4 is 0 Å². The van der Waals surface area contributed by atoms with Crippen LogP contribution in [0.15, 0.2) is 121 Å². The molecule has 5 aromatic carbocycles. The molecule has 0 aliphatic heterocycles. The van der Waals surface area contributed by atoms with E-state index in [0.717, 1.165) is 0 Å². The molecule has 0 N–H and O–H groups in total. The van der Waals surface area contributed by atoms with Crippen molar-refractivity contribution in [2.75, 3.05) is 0 Å². The van der Waals surface area contributed by atoms with Crippen LogP contribution in [0.3, 0.4) is 0 Å². The fourth-order valence-electron chi connectivity index (χ4n) is 7.67. The number of fused-ring (bicyclic) bond motifs is 4. The highest BCUT2D eigenvalue weighted by Crippen LogP contribution is 2.64. The molecule has 190 valence electrons. The van der Waals surface area contributed by atoms with Crippen molar-refractivity contribution in [3.8, 4) is 11.1 Å². The van der Waals surface area contributed by atoms with E-state index in [9.17, 15) is 0 Å². The van der Waals surface area contributed by atoms with E-state index in [4.69, 9.17) is 0 Å². The van der Waals surface area contributed by atoms with E-state index < -0.39 is 0 Å². The Morgan fingerprint density at radius 3 is 1.44 bits per heavy atom. The fraction of sp³-hybridized carbons (Fsp3) is 0.179. The molecule has 0 bridgehead atoms. The second-order valence-corrected chi connectivity index (χ2v) is 11.7. The molecule has 0 radical (unpaired) electrons. The average Bonchev–Trinajstić information content (AvgIpc) is 3.44. The van der Waals surface area contributed by atoms with Gasteiger partial charge < -0.3 is 0 Å². The highest BCUT2D eigenvalue weighted by molar-refractivity contribution is 5.83. The molecule has 0 amide bonds. The molecule has 2 aliphatic carbocycles. The first-order valence-corrected chi connectivity index (χ1v) is 14.1. The number of hydrogen-bond acceptors (Lipinski definition) is 0. The molecular weight excluding hydrogens is 468 g/mol. The first-order chi connectivity index (χ1) is 19.0. The third kappa shape index (κ3) is 3.51. The van der Waals surface area contributed by atoms with Crippen molar-refractivity contribution in [3.05, 3.63) is 171 Å². The van der Waals surface area contributed by atoms with E-state index in [2.05, 4.69) is 149 Å². The number of rotatable bonds is 4. The summed E-state index contributed by atoms with van der Waals surface area (Å²) in [5.74, 6) is 0.355. The second-order valence-electron chi connectivity index (χ2n) is 11.7. The van der Waals surface area contributed by atoms with Gasteiger partial charge in [0.25, 0.3) is 0 Å². The minimum atomic E-state index is -0.344. The summed E-state index contributed by atoms with van der Waals surface area (Å²) in [6.45, 7) is 9.05. The maximum Gasteiger partial charge on any atom is 0.0418 e. The number of allylic oxidation sites excluding steroid dienone is 1. The number of hydrogen-bond donors (Lipinski definition) is 0. The highest BCUT2D eigenvalue weighted by Gasteiger charge is 2.54. The summed E-state index contributed by atoms with van der Waals surface area (Å²) in [5.41, 5.74) is 16.2. The van der Waals surface area contributed by atoms with Gasteiger partial charge in [0, 0.05) is 17.3 Å². The quantitative estimate of drug-likeness (QED) is 0.229. The summed E-state index contributed by atoms with van der Waals surface area (Å²) in [6.07, 6.45) is 2.43. The SMILES string of the molecule is CC1=Cc2ccc(C)cc2C1C(c1ccccc1)(c1ccccc1)C1c2cc(C)ccc2-c2ccc(C)cc21. The van der Waals surface area contributed by atoms with E-state index in [-0.39, 0.29) is 17.3 Å². The number of aryl methyl sites for hydroxylation is 3. The van der Waals surface area contributed by atoms with Crippen LogP contribution in [0.1, 0.15) is 68.8 Å². The van der Waals surface area contributed by atoms with E-state index in [1.807, 2.05) is 0 Å². The largest absolute Gasteiger partial charge is 0.0639 e. The molecule has 0 heteroatoms. The predicted molar refractivity (Wildman–Crippen MR) is 164 cm³/mol. The first-order valence-electron chi connectivity index (χ1n) is 14.1. The van der Waals surface area contributed by atoms with Crippen LogP contribution in [0.5, 0.6) is 0 Å². The Bertz CT molecular complexity index is 1650. The molecule has 0 saturated heterocycles. The van der Waals surface area contributed by atoms with Crippen LogP contribution in [0.25, 0.3) is 17.2 Å². The van der Waals surface area contributed by atoms with E-state index in [1.165, 1.54) is 66.8 Å². The van der Waals surface area contributed by atoms with Crippen LogP contribution in [0.4, 0.5) is 0 Å². The Morgan fingerprint density at radius 1 is 0.462 bits per heavy atom. The normalized spacial score (nSPS) is 16.0. The van der Waals surface area contributed by atoms with Gasteiger partial charge in [0.05, 0.1) is 0 Å². The van der Waals surface area contributed by atoms with Crippen molar-refractivity contribution in [1.29, 1.82) is 0 Å². The van der Waals surface area contributed by atoms with Crippen molar-refractivity contribution >= 4 is 6.08 Å². The monoisotopic (exact) mass is 502 g/mol. The zero-order chi connectivity index (χ0) is 26.7. The molecule has 0 heterocycles. The molecular formula is C39H34. The zero-order valence-corrected chi connectivity index (χ0v) is 23.2. The molecule has 0 saturated carbocycles. The topological polar surface area (TPSA) is 0 Å². The van der Waals surface area contributed by atoms with Gasteiger partial charge in [-0.05, 0) is 72.2 Å². The standard InChI is InChI=1S/C39H34/c1-25-15-18-29-24-28(4)37(34(29)21-25)39(30-11-7-5-8-12-30,31-13-9-6-10-14-31)38-35-22-26(2)16-19-32(35)33-20-17-27(3)23-36(33)38/h5-24,37-38H,1-4H3. The Kier molecular flexibility index (Phi) is 5.49. The van der Waals surface area contributed by atoms with Gasteiger partial charge >= 0.3 is 0 Å². The summed E-state index contributed by atoms with van der Waals surface area (Å²) in [5, 5.41) is 0. The molecule has 2 aliphatic rings. The first kappa shape index (κ1) is 23.9. The van der Waals surface area contributed by atoms with Crippen molar-refractivity contribution in [3.63, 3.8) is 0 Å². The van der Waals surface area contributed by atoms with E-state index >= 15 is 0 Å². The minimum absolute atomic E-state index is 0.159. The van der Waals surface area contributed by atoms with Crippen molar-refractivity contribution < 1.29 is 0 Å². The summed E-state index contributed by atoms with van der Waals surface area (Å²) in [4.78, 5) is 0. The van der Waals surface area contributed by atoms with Crippen LogP contribution in [0.2, 0.25) is 0 Å². The van der Waals surface area contributed by atoms with Crippen LogP contribution >= 0.6 is 0 Å². The summed E-state index contributed by atoms with van der Waals surface area (Å²) >= 11 is 0. The molecule has 0 aromatic heterocycles. The van der Waals surface area contributed by atoms with E-state index in [1.54, 1.807) is 0 Å². The number of benzene rings is 5. The maximum atomic E-state index is 2.46. The molecule has 39 heavy (non-hydrogen) atoms. The summed E-state index contributed by atoms with van der Waals surface area (Å²) < 4.78 is 0. The van der Waals surface area contributed by atoms with Gasteiger partial charge in [0.1, 0.15) is 0 Å². The van der Waals surface area contributed by atoms with E-state index in [0.29, 0.717) is 0 Å². The molecule has 7 rings (SSSR count). The van der Waals surface area contributed by atoms with Gasteiger partial charge in [-0.3, -0.25) is 0 Å². The second kappa shape index (κ2) is 8.95. The Labute approximate surface area is 232 Å². The lowest BCUT2D eigenvalue weighted by Crippen LogP contribution is -2.41. The lowest BCUT2D eigenvalue weighted by Gasteiger charge is -2.47. The maximum absolute atomic E-state index is 2.46. The molecule has 0 fully saturated rings. The molecule has 0 spiro atoms. The van der Waals surface area contributed by atoms with Crippen molar-refractivity contribution in [2.24, 2.45) is 0 Å². The van der Waals surface area contributed by atoms with Gasteiger partial charge in [-0.2, -0.15) is 0 Å². The average molecular weight is 503 g/mol. The lowest BCUT2D eigenvalue weighted by atomic mass is 9.54. The van der Waals surface area contributed by atoms with Crippen LogP contribution in [-0.2, 0) is 5.41 Å². The van der Waals surface area contributed by atoms with Gasteiger partial charge in [-0.1, -0.05) is 144 Å². The molecule has 0 nitrogen and oxygen atoms in total.